The number of carbonyl (C=O) groups is 1. The molecule has 0 saturated carbocycles. The Balaban J connectivity index is 2.42. The van der Waals surface area contributed by atoms with E-state index in [4.69, 9.17) is 5.73 Å². The largest absolute Gasteiger partial charge is 0.370 e. The number of hydrogen-bond donors (Lipinski definition) is 3. The molecule has 5 heteroatoms. The molecule has 1 aromatic carbocycles. The van der Waals surface area contributed by atoms with E-state index in [0.29, 0.717) is 18.1 Å². The first-order chi connectivity index (χ1) is 10.2. The highest BCUT2D eigenvalue weighted by Gasteiger charge is 2.03. The summed E-state index contributed by atoms with van der Waals surface area (Å²) in [5, 5.41) is 5.71. The number of amides is 1. The SMILES string of the molecule is CCCCCCNC(N)=NCc1cccc(C(=O)NC)c1. The molecule has 0 aliphatic heterocycles. The van der Waals surface area contributed by atoms with Gasteiger partial charge < -0.3 is 16.4 Å². The first-order valence-electron chi connectivity index (χ1n) is 7.52. The highest BCUT2D eigenvalue weighted by Crippen LogP contribution is 2.06. The third-order valence-electron chi connectivity index (χ3n) is 3.18. The maximum Gasteiger partial charge on any atom is 0.251 e. The van der Waals surface area contributed by atoms with Crippen LogP contribution in [-0.2, 0) is 6.54 Å². The van der Waals surface area contributed by atoms with Gasteiger partial charge in [0.15, 0.2) is 5.96 Å². The molecule has 4 N–H and O–H groups in total. The smallest absolute Gasteiger partial charge is 0.251 e. The fraction of sp³-hybridized carbons (Fsp3) is 0.500. The number of nitrogens with one attached hydrogen (secondary N) is 2. The van der Waals surface area contributed by atoms with Crippen molar-refractivity contribution in [1.82, 2.24) is 10.6 Å². The molecular weight excluding hydrogens is 264 g/mol. The van der Waals surface area contributed by atoms with Crippen molar-refractivity contribution in [2.75, 3.05) is 13.6 Å². The zero-order chi connectivity index (χ0) is 15.5. The van der Waals surface area contributed by atoms with Gasteiger partial charge in [-0.2, -0.15) is 0 Å². The molecule has 0 atom stereocenters. The van der Waals surface area contributed by atoms with Crippen molar-refractivity contribution < 1.29 is 4.79 Å². The quantitative estimate of drug-likeness (QED) is 0.389. The van der Waals surface area contributed by atoms with Crippen molar-refractivity contribution in [3.8, 4) is 0 Å². The number of unbranched alkanes of at least 4 members (excludes halogenated alkanes) is 3. The van der Waals surface area contributed by atoms with E-state index in [0.717, 1.165) is 18.5 Å². The fourth-order valence-corrected chi connectivity index (χ4v) is 1.96. The molecule has 5 nitrogen and oxygen atoms in total. The van der Waals surface area contributed by atoms with Crippen molar-refractivity contribution in [3.05, 3.63) is 35.4 Å². The van der Waals surface area contributed by atoms with Crippen molar-refractivity contribution >= 4 is 11.9 Å². The van der Waals surface area contributed by atoms with E-state index < -0.39 is 0 Å². The molecule has 0 unspecified atom stereocenters. The minimum absolute atomic E-state index is 0.0946. The lowest BCUT2D eigenvalue weighted by Gasteiger charge is -2.06. The van der Waals surface area contributed by atoms with Crippen LogP contribution in [0.3, 0.4) is 0 Å². The predicted molar refractivity (Wildman–Crippen MR) is 87.3 cm³/mol. The Morgan fingerprint density at radius 2 is 2.10 bits per heavy atom. The van der Waals surface area contributed by atoms with Crippen LogP contribution in [0.4, 0.5) is 0 Å². The number of hydrogen-bond acceptors (Lipinski definition) is 2. The summed E-state index contributed by atoms with van der Waals surface area (Å²) in [6.07, 6.45) is 4.80. The standard InChI is InChI=1S/C16H26N4O/c1-3-4-5-6-10-19-16(17)20-12-13-8-7-9-14(11-13)15(21)18-2/h7-9,11H,3-6,10,12H2,1-2H3,(H,18,21)(H3,17,19,20). The van der Waals surface area contributed by atoms with Crippen molar-refractivity contribution in [2.45, 2.75) is 39.2 Å². The first-order valence-corrected chi connectivity index (χ1v) is 7.52. The number of guanidine groups is 1. The Morgan fingerprint density at radius 1 is 1.29 bits per heavy atom. The fourth-order valence-electron chi connectivity index (χ4n) is 1.96. The molecule has 0 aliphatic carbocycles. The van der Waals surface area contributed by atoms with Crippen LogP contribution in [-0.4, -0.2) is 25.5 Å². The highest BCUT2D eigenvalue weighted by atomic mass is 16.1. The molecule has 0 radical (unpaired) electrons. The van der Waals surface area contributed by atoms with Crippen LogP contribution in [0.25, 0.3) is 0 Å². The zero-order valence-corrected chi connectivity index (χ0v) is 13.0. The van der Waals surface area contributed by atoms with Gasteiger partial charge in [-0.25, -0.2) is 4.99 Å². The van der Waals surface area contributed by atoms with Gasteiger partial charge >= 0.3 is 0 Å². The van der Waals surface area contributed by atoms with Gasteiger partial charge in [0.1, 0.15) is 0 Å². The maximum atomic E-state index is 11.5. The summed E-state index contributed by atoms with van der Waals surface area (Å²) in [7, 11) is 1.62. The van der Waals surface area contributed by atoms with Crippen LogP contribution in [0.2, 0.25) is 0 Å². The molecule has 21 heavy (non-hydrogen) atoms. The molecule has 116 valence electrons. The summed E-state index contributed by atoms with van der Waals surface area (Å²) in [6.45, 7) is 3.52. The zero-order valence-electron chi connectivity index (χ0n) is 13.0. The lowest BCUT2D eigenvalue weighted by Crippen LogP contribution is -2.32. The third kappa shape index (κ3) is 6.79. The number of carbonyl (C=O) groups excluding carboxylic acids is 1. The Hall–Kier alpha value is -2.04. The lowest BCUT2D eigenvalue weighted by molar-refractivity contribution is 0.0963. The molecule has 1 amide bonds. The average molecular weight is 290 g/mol. The van der Waals surface area contributed by atoms with Gasteiger partial charge in [0.2, 0.25) is 0 Å². The summed E-state index contributed by atoms with van der Waals surface area (Å²) in [5.41, 5.74) is 7.42. The normalized spacial score (nSPS) is 11.2. The topological polar surface area (TPSA) is 79.5 Å². The van der Waals surface area contributed by atoms with Gasteiger partial charge in [0, 0.05) is 19.2 Å². The summed E-state index contributed by atoms with van der Waals surface area (Å²) < 4.78 is 0. The number of benzene rings is 1. The van der Waals surface area contributed by atoms with Gasteiger partial charge in [-0.1, -0.05) is 38.3 Å². The summed E-state index contributed by atoms with van der Waals surface area (Å²) in [6, 6.07) is 7.40. The Labute approximate surface area is 127 Å². The average Bonchev–Trinajstić information content (AvgIpc) is 2.52. The van der Waals surface area contributed by atoms with E-state index in [1.165, 1.54) is 19.3 Å². The molecule has 0 aromatic heterocycles. The summed E-state index contributed by atoms with van der Waals surface area (Å²) in [4.78, 5) is 15.8. The van der Waals surface area contributed by atoms with Crippen LogP contribution in [0.1, 0.15) is 48.5 Å². The van der Waals surface area contributed by atoms with E-state index in [1.807, 2.05) is 18.2 Å². The predicted octanol–water partition coefficient (Wildman–Crippen LogP) is 2.03. The Morgan fingerprint density at radius 3 is 2.81 bits per heavy atom. The molecule has 0 bridgehead atoms. The second-order valence-corrected chi connectivity index (χ2v) is 4.97. The van der Waals surface area contributed by atoms with E-state index in [1.54, 1.807) is 13.1 Å². The van der Waals surface area contributed by atoms with Crippen LogP contribution >= 0.6 is 0 Å². The third-order valence-corrected chi connectivity index (χ3v) is 3.18. The van der Waals surface area contributed by atoms with Crippen molar-refractivity contribution in [1.29, 1.82) is 0 Å². The minimum atomic E-state index is -0.0946. The molecule has 1 aromatic rings. The number of nitrogens with zero attached hydrogens (tertiary/aromatic N) is 1. The second kappa shape index (κ2) is 9.80. The molecule has 0 fully saturated rings. The maximum absolute atomic E-state index is 11.5. The number of rotatable bonds is 8. The van der Waals surface area contributed by atoms with Gasteiger partial charge in [0.25, 0.3) is 5.91 Å². The lowest BCUT2D eigenvalue weighted by atomic mass is 10.1. The highest BCUT2D eigenvalue weighted by molar-refractivity contribution is 5.94. The van der Waals surface area contributed by atoms with Gasteiger partial charge in [0.05, 0.1) is 6.54 Å². The van der Waals surface area contributed by atoms with E-state index in [2.05, 4.69) is 22.5 Å². The minimum Gasteiger partial charge on any atom is -0.370 e. The van der Waals surface area contributed by atoms with Crippen LogP contribution < -0.4 is 16.4 Å². The van der Waals surface area contributed by atoms with Crippen molar-refractivity contribution in [2.24, 2.45) is 10.7 Å². The second-order valence-electron chi connectivity index (χ2n) is 4.97. The first kappa shape index (κ1) is 17.0. The Bertz CT molecular complexity index is 471. The van der Waals surface area contributed by atoms with E-state index >= 15 is 0 Å². The molecule has 0 aliphatic rings. The monoisotopic (exact) mass is 290 g/mol. The van der Waals surface area contributed by atoms with E-state index in [9.17, 15) is 4.79 Å². The van der Waals surface area contributed by atoms with Crippen LogP contribution in [0.15, 0.2) is 29.3 Å². The molecule has 0 saturated heterocycles. The molecule has 0 spiro atoms. The van der Waals surface area contributed by atoms with Crippen molar-refractivity contribution in [3.63, 3.8) is 0 Å². The number of nitrogens with two attached hydrogens (primary N) is 1. The Kier molecular flexibility index (Phi) is 7.94. The molecular formula is C16H26N4O. The van der Waals surface area contributed by atoms with Gasteiger partial charge in [-0.15, -0.1) is 0 Å². The summed E-state index contributed by atoms with van der Waals surface area (Å²) >= 11 is 0. The number of aliphatic imine (C=N–C) groups is 1. The molecule has 1 rings (SSSR count). The van der Waals surface area contributed by atoms with Crippen LogP contribution in [0.5, 0.6) is 0 Å². The van der Waals surface area contributed by atoms with E-state index in [-0.39, 0.29) is 5.91 Å². The van der Waals surface area contributed by atoms with Crippen LogP contribution in [0, 0.1) is 0 Å². The van der Waals surface area contributed by atoms with Gasteiger partial charge in [-0.05, 0) is 24.1 Å². The van der Waals surface area contributed by atoms with Gasteiger partial charge in [-0.3, -0.25) is 4.79 Å². The molecule has 0 heterocycles. The summed E-state index contributed by atoms with van der Waals surface area (Å²) in [5.74, 6) is 0.361.